The number of nitro groups is 1. The molecule has 0 radical (unpaired) electrons. The number of hydrogen-bond donors (Lipinski definition) is 0. The van der Waals surface area contributed by atoms with Gasteiger partial charge in [-0.05, 0) is 12.8 Å². The first kappa shape index (κ1) is 21.1. The summed E-state index contributed by atoms with van der Waals surface area (Å²) in [5.74, 6) is -0.144. The van der Waals surface area contributed by atoms with Gasteiger partial charge in [-0.15, -0.1) is 0 Å². The minimum atomic E-state index is -0.949. The van der Waals surface area contributed by atoms with Gasteiger partial charge in [-0.3, -0.25) is 14.9 Å². The van der Waals surface area contributed by atoms with Gasteiger partial charge in [-0.2, -0.15) is 0 Å². The molecule has 1 fully saturated rings. The van der Waals surface area contributed by atoms with Crippen molar-refractivity contribution in [2.45, 2.75) is 122 Å². The fourth-order valence-corrected chi connectivity index (χ4v) is 3.66. The van der Waals surface area contributed by atoms with Crippen LogP contribution in [0.25, 0.3) is 0 Å². The van der Waals surface area contributed by atoms with Crippen molar-refractivity contribution in [1.29, 1.82) is 0 Å². The maximum atomic E-state index is 12.1. The third-order valence-electron chi connectivity index (χ3n) is 5.28. The monoisotopic (exact) mass is 339 g/mol. The minimum absolute atomic E-state index is 0.144. The molecule has 0 amide bonds. The molecule has 1 atom stereocenters. The zero-order valence-electron chi connectivity index (χ0n) is 15.5. The Morgan fingerprint density at radius 3 is 1.33 bits per heavy atom. The van der Waals surface area contributed by atoms with Crippen molar-refractivity contribution in [2.24, 2.45) is 0 Å². The van der Waals surface area contributed by atoms with Crippen LogP contribution in [0.2, 0.25) is 0 Å². The van der Waals surface area contributed by atoms with Crippen LogP contribution in [0.5, 0.6) is 0 Å². The fraction of sp³-hybridized carbons (Fsp3) is 0.950. The standard InChI is InChI=1S/C20H37NO3/c22-20-18-16-14-12-10-8-6-4-2-1-3-5-7-9-11-13-15-17-19(20)21(23)24/h19H,1-18H2. The van der Waals surface area contributed by atoms with E-state index in [1.54, 1.807) is 0 Å². The summed E-state index contributed by atoms with van der Waals surface area (Å²) < 4.78 is 0. The third kappa shape index (κ3) is 10.8. The second-order valence-electron chi connectivity index (χ2n) is 7.46. The number of carbonyl (C=O) groups is 1. The quantitative estimate of drug-likeness (QED) is 0.420. The maximum absolute atomic E-state index is 12.1. The lowest BCUT2D eigenvalue weighted by Gasteiger charge is -2.09. The molecule has 140 valence electrons. The molecule has 1 rings (SSSR count). The van der Waals surface area contributed by atoms with Crippen LogP contribution in [-0.2, 0) is 4.79 Å². The zero-order chi connectivity index (χ0) is 17.5. The highest BCUT2D eigenvalue weighted by molar-refractivity contribution is 5.82. The summed E-state index contributed by atoms with van der Waals surface area (Å²) in [6, 6.07) is -0.949. The maximum Gasteiger partial charge on any atom is 0.270 e. The number of hydrogen-bond acceptors (Lipinski definition) is 3. The Hall–Kier alpha value is -0.930. The Kier molecular flexibility index (Phi) is 12.7. The normalized spacial score (nSPS) is 25.0. The van der Waals surface area contributed by atoms with Gasteiger partial charge in [0.15, 0.2) is 0 Å². The molecule has 1 aliphatic carbocycles. The van der Waals surface area contributed by atoms with Crippen molar-refractivity contribution in [2.75, 3.05) is 0 Å². The molecule has 1 saturated carbocycles. The van der Waals surface area contributed by atoms with Gasteiger partial charge in [0.05, 0.1) is 0 Å². The number of Topliss-reactive ketones (excluding diaryl/α,β-unsaturated/α-hetero) is 1. The van der Waals surface area contributed by atoms with Gasteiger partial charge in [0.2, 0.25) is 5.78 Å². The van der Waals surface area contributed by atoms with E-state index in [0.29, 0.717) is 12.8 Å². The first-order chi connectivity index (χ1) is 11.7. The second-order valence-corrected chi connectivity index (χ2v) is 7.46. The van der Waals surface area contributed by atoms with Gasteiger partial charge in [0, 0.05) is 17.8 Å². The molecular formula is C20H37NO3. The van der Waals surface area contributed by atoms with E-state index < -0.39 is 6.04 Å². The average Bonchev–Trinajstić information content (AvgIpc) is 2.55. The van der Waals surface area contributed by atoms with Crippen LogP contribution in [-0.4, -0.2) is 16.7 Å². The minimum Gasteiger partial charge on any atom is -0.292 e. The molecule has 4 nitrogen and oxygen atoms in total. The number of rotatable bonds is 1. The topological polar surface area (TPSA) is 60.2 Å². The summed E-state index contributed by atoms with van der Waals surface area (Å²) in [5, 5.41) is 11.1. The van der Waals surface area contributed by atoms with Crippen molar-refractivity contribution in [3.63, 3.8) is 0 Å². The van der Waals surface area contributed by atoms with Gasteiger partial charge < -0.3 is 0 Å². The molecular weight excluding hydrogens is 302 g/mol. The molecule has 0 heterocycles. The van der Waals surface area contributed by atoms with Gasteiger partial charge >= 0.3 is 0 Å². The summed E-state index contributed by atoms with van der Waals surface area (Å²) in [7, 11) is 0. The summed E-state index contributed by atoms with van der Waals surface area (Å²) in [4.78, 5) is 22.9. The molecule has 0 aromatic heterocycles. The van der Waals surface area contributed by atoms with Crippen LogP contribution in [0, 0.1) is 10.1 Å². The molecule has 0 aliphatic heterocycles. The molecule has 0 N–H and O–H groups in total. The highest BCUT2D eigenvalue weighted by Gasteiger charge is 2.27. The van der Waals surface area contributed by atoms with Crippen LogP contribution in [0.15, 0.2) is 0 Å². The van der Waals surface area contributed by atoms with Crippen molar-refractivity contribution >= 4 is 5.78 Å². The summed E-state index contributed by atoms with van der Waals surface area (Å²) >= 11 is 0. The predicted octanol–water partition coefficient (Wildman–Crippen LogP) is 6.24. The number of ketones is 1. The van der Waals surface area contributed by atoms with Crippen molar-refractivity contribution in [1.82, 2.24) is 0 Å². The third-order valence-corrected chi connectivity index (χ3v) is 5.28. The van der Waals surface area contributed by atoms with Crippen LogP contribution in [0.3, 0.4) is 0 Å². The molecule has 0 aromatic carbocycles. The molecule has 4 heteroatoms. The first-order valence-electron chi connectivity index (χ1n) is 10.4. The van der Waals surface area contributed by atoms with E-state index in [4.69, 9.17) is 0 Å². The van der Waals surface area contributed by atoms with Crippen LogP contribution < -0.4 is 0 Å². The first-order valence-corrected chi connectivity index (χ1v) is 10.4. The van der Waals surface area contributed by atoms with Gasteiger partial charge in [-0.1, -0.05) is 89.9 Å². The van der Waals surface area contributed by atoms with Gasteiger partial charge in [0.1, 0.15) is 0 Å². The Labute approximate surface area is 147 Å². The lowest BCUT2D eigenvalue weighted by Crippen LogP contribution is -2.29. The molecule has 0 saturated heterocycles. The van der Waals surface area contributed by atoms with Crippen molar-refractivity contribution < 1.29 is 9.72 Å². The highest BCUT2D eigenvalue weighted by Crippen LogP contribution is 2.17. The highest BCUT2D eigenvalue weighted by atomic mass is 16.6. The van der Waals surface area contributed by atoms with E-state index in [2.05, 4.69) is 0 Å². The zero-order valence-corrected chi connectivity index (χ0v) is 15.5. The Morgan fingerprint density at radius 2 is 0.958 bits per heavy atom. The van der Waals surface area contributed by atoms with E-state index in [9.17, 15) is 14.9 Å². The average molecular weight is 340 g/mol. The summed E-state index contributed by atoms with van der Waals surface area (Å²) in [6.07, 6.45) is 20.1. The largest absolute Gasteiger partial charge is 0.292 e. The summed E-state index contributed by atoms with van der Waals surface area (Å²) in [6.45, 7) is 0. The lowest BCUT2D eigenvalue weighted by molar-refractivity contribution is -0.508. The van der Waals surface area contributed by atoms with Crippen molar-refractivity contribution in [3.8, 4) is 0 Å². The Bertz CT molecular complexity index is 344. The Balaban J connectivity index is 2.33. The SMILES string of the molecule is O=C1CCCCCCCCCCCCCCCCCCC1[N+](=O)[O-]. The van der Waals surface area contributed by atoms with Crippen LogP contribution >= 0.6 is 0 Å². The van der Waals surface area contributed by atoms with E-state index in [1.165, 1.54) is 64.2 Å². The van der Waals surface area contributed by atoms with Gasteiger partial charge in [0.25, 0.3) is 6.04 Å². The molecule has 0 spiro atoms. The van der Waals surface area contributed by atoms with E-state index in [1.807, 2.05) is 0 Å². The molecule has 1 aliphatic rings. The number of carbonyl (C=O) groups excluding carboxylic acids is 1. The molecule has 24 heavy (non-hydrogen) atoms. The Morgan fingerprint density at radius 1 is 0.625 bits per heavy atom. The van der Waals surface area contributed by atoms with E-state index in [0.717, 1.165) is 38.5 Å². The number of nitrogens with zero attached hydrogens (tertiary/aromatic N) is 1. The van der Waals surface area contributed by atoms with E-state index in [-0.39, 0.29) is 10.7 Å². The van der Waals surface area contributed by atoms with Gasteiger partial charge in [-0.25, -0.2) is 0 Å². The predicted molar refractivity (Wildman–Crippen MR) is 98.9 cm³/mol. The van der Waals surface area contributed by atoms with Crippen molar-refractivity contribution in [3.05, 3.63) is 10.1 Å². The summed E-state index contributed by atoms with van der Waals surface area (Å²) in [5.41, 5.74) is 0. The lowest BCUT2D eigenvalue weighted by atomic mass is 9.98. The molecule has 0 aromatic rings. The second kappa shape index (κ2) is 14.4. The fourth-order valence-electron chi connectivity index (χ4n) is 3.66. The van der Waals surface area contributed by atoms with Crippen LogP contribution in [0.4, 0.5) is 0 Å². The molecule has 0 bridgehead atoms. The smallest absolute Gasteiger partial charge is 0.270 e. The molecule has 1 unspecified atom stereocenters. The van der Waals surface area contributed by atoms with Crippen LogP contribution in [0.1, 0.15) is 116 Å². The van der Waals surface area contributed by atoms with E-state index >= 15 is 0 Å².